The number of alkyl halides is 2. The molecule has 0 bridgehead atoms. The molecule has 0 fully saturated rings. The second kappa shape index (κ2) is 4.08. The van der Waals surface area contributed by atoms with Gasteiger partial charge in [-0.1, -0.05) is 0 Å². The molecule has 0 aromatic heterocycles. The first-order chi connectivity index (χ1) is 7.23. The molecule has 0 aliphatic carbocycles. The van der Waals surface area contributed by atoms with Gasteiger partial charge in [-0.15, -0.1) is 3.89 Å². The highest BCUT2D eigenvalue weighted by Crippen LogP contribution is 2.31. The lowest BCUT2D eigenvalue weighted by Gasteiger charge is -2.02. The fourth-order valence-electron chi connectivity index (χ4n) is 1.02. The first-order valence-electron chi connectivity index (χ1n) is 3.74. The number of benzene rings is 1. The van der Waals surface area contributed by atoms with Crippen molar-refractivity contribution in [3.8, 4) is 0 Å². The molecule has 0 heterocycles. The number of hydrogen-bond donors (Lipinski definition) is 0. The molecule has 16 heavy (non-hydrogen) atoms. The third-order valence-electron chi connectivity index (χ3n) is 1.72. The van der Waals surface area contributed by atoms with Crippen molar-refractivity contribution < 1.29 is 26.0 Å². The molecule has 0 radical (unpaired) electrons. The predicted octanol–water partition coefficient (Wildman–Crippen LogP) is 2.19. The van der Waals surface area contributed by atoms with Gasteiger partial charge >= 0.3 is 10.2 Å². The number of hydrogen-bond acceptors (Lipinski definition) is 4. The summed E-state index contributed by atoms with van der Waals surface area (Å²) in [5.41, 5.74) is -2.09. The Morgan fingerprint density at radius 3 is 2.25 bits per heavy atom. The molecule has 5 nitrogen and oxygen atoms in total. The van der Waals surface area contributed by atoms with Crippen molar-refractivity contribution >= 4 is 15.9 Å². The molecule has 0 atom stereocenters. The van der Waals surface area contributed by atoms with E-state index in [9.17, 15) is 31.2 Å². The van der Waals surface area contributed by atoms with Crippen LogP contribution in [0, 0.1) is 10.1 Å². The molecule has 0 N–H and O–H groups in total. The van der Waals surface area contributed by atoms with Crippen LogP contribution in [-0.2, 0) is 10.2 Å². The minimum Gasteiger partial charge on any atom is -0.258 e. The largest absolute Gasteiger partial charge is 0.332 e. The van der Waals surface area contributed by atoms with Crippen LogP contribution in [0.25, 0.3) is 0 Å². The summed E-state index contributed by atoms with van der Waals surface area (Å²) in [4.78, 5) is 8.14. The van der Waals surface area contributed by atoms with E-state index in [1.54, 1.807) is 0 Å². The van der Waals surface area contributed by atoms with E-state index in [2.05, 4.69) is 0 Å². The van der Waals surface area contributed by atoms with Gasteiger partial charge in [0.25, 0.3) is 12.1 Å². The van der Waals surface area contributed by atoms with Gasteiger partial charge < -0.3 is 0 Å². The topological polar surface area (TPSA) is 77.3 Å². The second-order valence-electron chi connectivity index (χ2n) is 2.72. The van der Waals surface area contributed by atoms with E-state index in [4.69, 9.17) is 0 Å². The van der Waals surface area contributed by atoms with Gasteiger partial charge in [0.2, 0.25) is 0 Å². The predicted molar refractivity (Wildman–Crippen MR) is 46.3 cm³/mol. The summed E-state index contributed by atoms with van der Waals surface area (Å²) < 4.78 is 57.8. The number of nitro groups is 1. The Morgan fingerprint density at radius 1 is 1.31 bits per heavy atom. The van der Waals surface area contributed by atoms with E-state index in [1.165, 1.54) is 0 Å². The molecule has 0 aliphatic rings. The molecule has 0 amide bonds. The van der Waals surface area contributed by atoms with Crippen molar-refractivity contribution in [1.82, 2.24) is 0 Å². The van der Waals surface area contributed by atoms with Crippen molar-refractivity contribution in [3.63, 3.8) is 0 Å². The summed E-state index contributed by atoms with van der Waals surface area (Å²) in [7, 11) is -5.15. The van der Waals surface area contributed by atoms with Gasteiger partial charge in [0.15, 0.2) is 0 Å². The molecular weight excluding hydrogens is 251 g/mol. The summed E-state index contributed by atoms with van der Waals surface area (Å²) >= 11 is 0. The zero-order chi connectivity index (χ0) is 12.5. The van der Waals surface area contributed by atoms with Gasteiger partial charge in [-0.2, -0.15) is 8.42 Å². The van der Waals surface area contributed by atoms with E-state index >= 15 is 0 Å². The monoisotopic (exact) mass is 255 g/mol. The lowest BCUT2D eigenvalue weighted by atomic mass is 10.2. The third kappa shape index (κ3) is 2.48. The Kier molecular flexibility index (Phi) is 3.17. The van der Waals surface area contributed by atoms with Gasteiger partial charge in [-0.3, -0.25) is 10.1 Å². The first-order valence-corrected chi connectivity index (χ1v) is 5.13. The van der Waals surface area contributed by atoms with E-state index in [0.29, 0.717) is 12.1 Å². The molecule has 1 aromatic rings. The van der Waals surface area contributed by atoms with Crippen LogP contribution in [0.3, 0.4) is 0 Å². The molecule has 88 valence electrons. The van der Waals surface area contributed by atoms with Crippen LogP contribution in [0.4, 0.5) is 18.4 Å². The fraction of sp³-hybridized carbons (Fsp3) is 0.143. The maximum Gasteiger partial charge on any atom is 0.332 e. The van der Waals surface area contributed by atoms with Crippen LogP contribution < -0.4 is 0 Å². The zero-order valence-electron chi connectivity index (χ0n) is 7.43. The average Bonchev–Trinajstić information content (AvgIpc) is 2.15. The number of nitrogens with zero attached hydrogens (tertiary/aromatic N) is 1. The normalized spacial score (nSPS) is 11.8. The highest BCUT2D eigenvalue weighted by molar-refractivity contribution is 7.86. The number of rotatable bonds is 3. The summed E-state index contributed by atoms with van der Waals surface area (Å²) in [6.07, 6.45) is -3.14. The maximum atomic E-state index is 12.5. The summed E-state index contributed by atoms with van der Waals surface area (Å²) in [6.45, 7) is 0. The second-order valence-corrected chi connectivity index (χ2v) is 4.06. The lowest BCUT2D eigenvalue weighted by Crippen LogP contribution is -1.99. The quantitative estimate of drug-likeness (QED) is 0.471. The van der Waals surface area contributed by atoms with Crippen LogP contribution in [0.1, 0.15) is 12.0 Å². The summed E-state index contributed by atoms with van der Waals surface area (Å²) in [5.74, 6) is 0. The minimum atomic E-state index is -5.15. The van der Waals surface area contributed by atoms with Gasteiger partial charge in [-0.05, 0) is 12.1 Å². The van der Waals surface area contributed by atoms with Crippen LogP contribution in [0.5, 0.6) is 0 Å². The maximum absolute atomic E-state index is 12.5. The standard InChI is InChI=1S/C7H4F3NO4S/c8-7(9)5-2-1-4(16(10,14)15)3-6(5)11(12)13/h1-3,7H. The Bertz CT molecular complexity index is 528. The molecule has 1 aromatic carbocycles. The van der Waals surface area contributed by atoms with E-state index < -0.39 is 37.7 Å². The molecule has 0 spiro atoms. The smallest absolute Gasteiger partial charge is 0.258 e. The van der Waals surface area contributed by atoms with E-state index in [1.807, 2.05) is 0 Å². The van der Waals surface area contributed by atoms with Crippen molar-refractivity contribution in [2.24, 2.45) is 0 Å². The van der Waals surface area contributed by atoms with Crippen molar-refractivity contribution in [2.75, 3.05) is 0 Å². The van der Waals surface area contributed by atoms with Crippen LogP contribution in [0.2, 0.25) is 0 Å². The molecule has 0 aliphatic heterocycles. The number of nitro benzene ring substituents is 1. The van der Waals surface area contributed by atoms with Gasteiger partial charge in [-0.25, -0.2) is 8.78 Å². The third-order valence-corrected chi connectivity index (χ3v) is 2.53. The highest BCUT2D eigenvalue weighted by Gasteiger charge is 2.25. The average molecular weight is 255 g/mol. The highest BCUT2D eigenvalue weighted by atomic mass is 32.3. The fourth-order valence-corrected chi connectivity index (χ4v) is 1.50. The van der Waals surface area contributed by atoms with Crippen molar-refractivity contribution in [2.45, 2.75) is 11.3 Å². The molecule has 0 saturated carbocycles. The Labute approximate surface area is 87.9 Å². The van der Waals surface area contributed by atoms with Crippen LogP contribution in [0.15, 0.2) is 23.1 Å². The summed E-state index contributed by atoms with van der Waals surface area (Å²) in [5, 5.41) is 10.4. The summed E-state index contributed by atoms with van der Waals surface area (Å²) in [6, 6.07) is 1.32. The van der Waals surface area contributed by atoms with Crippen molar-refractivity contribution in [1.29, 1.82) is 0 Å². The SMILES string of the molecule is O=[N+]([O-])c1cc(S(=O)(=O)F)ccc1C(F)F. The molecule has 1 rings (SSSR count). The molecule has 0 unspecified atom stereocenters. The first kappa shape index (κ1) is 12.4. The van der Waals surface area contributed by atoms with Gasteiger partial charge in [0, 0.05) is 6.07 Å². The number of halogens is 3. The van der Waals surface area contributed by atoms with E-state index in [0.717, 1.165) is 0 Å². The van der Waals surface area contributed by atoms with Crippen molar-refractivity contribution in [3.05, 3.63) is 33.9 Å². The molecule has 9 heteroatoms. The van der Waals surface area contributed by atoms with Gasteiger partial charge in [0.05, 0.1) is 10.5 Å². The zero-order valence-corrected chi connectivity index (χ0v) is 8.25. The molecular formula is C7H4F3NO4S. The Balaban J connectivity index is 3.46. The van der Waals surface area contributed by atoms with Crippen LogP contribution in [-0.4, -0.2) is 13.3 Å². The Morgan fingerprint density at radius 2 is 1.88 bits per heavy atom. The van der Waals surface area contributed by atoms with Gasteiger partial charge in [0.1, 0.15) is 4.90 Å². The van der Waals surface area contributed by atoms with Crippen LogP contribution >= 0.6 is 0 Å². The van der Waals surface area contributed by atoms with E-state index in [-0.39, 0.29) is 6.07 Å². The minimum absolute atomic E-state index is 0.261. The molecule has 0 saturated heterocycles. The lowest BCUT2D eigenvalue weighted by molar-refractivity contribution is -0.386. The Hall–Kier alpha value is -1.64.